The van der Waals surface area contributed by atoms with Gasteiger partial charge in [-0.15, -0.1) is 0 Å². The summed E-state index contributed by atoms with van der Waals surface area (Å²) in [4.78, 5) is 16.1. The molecule has 1 saturated carbocycles. The summed E-state index contributed by atoms with van der Waals surface area (Å²) in [5, 5.41) is 16.1. The first kappa shape index (κ1) is 17.8. The molecule has 0 aliphatic heterocycles. The molecule has 0 spiro atoms. The summed E-state index contributed by atoms with van der Waals surface area (Å²) in [6, 6.07) is 0.0513. The molecule has 1 amide bonds. The highest BCUT2D eigenvalue weighted by molar-refractivity contribution is 5.77. The fraction of sp³-hybridized carbons (Fsp3) is 0.800. The van der Waals surface area contributed by atoms with Crippen molar-refractivity contribution in [3.8, 4) is 0 Å². The minimum absolute atomic E-state index is 0.0131. The van der Waals surface area contributed by atoms with E-state index in [0.717, 1.165) is 25.1 Å². The topological polar surface area (TPSA) is 115 Å². The monoisotopic (exact) mass is 325 g/mol. The molecule has 0 radical (unpaired) electrons. The number of aliphatic hydroxyl groups is 1. The minimum Gasteiger partial charge on any atom is -0.396 e. The molecule has 3 atom stereocenters. The predicted molar refractivity (Wildman–Crippen MR) is 84.9 cm³/mol. The van der Waals surface area contributed by atoms with Crippen LogP contribution in [0.1, 0.15) is 43.3 Å². The van der Waals surface area contributed by atoms with E-state index < -0.39 is 0 Å². The summed E-state index contributed by atoms with van der Waals surface area (Å²) in [6.07, 6.45) is 3.39. The number of nitrogens with zero attached hydrogens (tertiary/aromatic N) is 3. The number of nitrogens with one attached hydrogen (secondary N) is 1. The number of methoxy groups -OCH3 is 1. The molecule has 1 aliphatic carbocycles. The molecule has 23 heavy (non-hydrogen) atoms. The third-order valence-corrected chi connectivity index (χ3v) is 4.38. The first-order valence-corrected chi connectivity index (χ1v) is 8.12. The molecule has 0 aromatic carbocycles. The molecular weight excluding hydrogens is 298 g/mol. The van der Waals surface area contributed by atoms with Gasteiger partial charge in [-0.3, -0.25) is 4.79 Å². The number of aryl methyl sites for hydroxylation is 1. The SMILES string of the molecule is CNC(=O)Cc1nc([C@H]2CC[C@@H](N)[C@H](OC)C2)n(CCCO)n1. The van der Waals surface area contributed by atoms with Crippen molar-refractivity contribution in [1.29, 1.82) is 0 Å². The van der Waals surface area contributed by atoms with Gasteiger partial charge >= 0.3 is 0 Å². The van der Waals surface area contributed by atoms with Crippen molar-refractivity contribution in [1.82, 2.24) is 20.1 Å². The number of likely N-dealkylation sites (N-methyl/N-ethyl adjacent to an activating group) is 1. The highest BCUT2D eigenvalue weighted by atomic mass is 16.5. The maximum Gasteiger partial charge on any atom is 0.227 e. The van der Waals surface area contributed by atoms with Crippen LogP contribution in [0.25, 0.3) is 0 Å². The standard InChI is InChI=1S/C15H27N5O3/c1-17-14(22)9-13-18-15(20(19-13)6-3-7-21)10-4-5-11(16)12(8-10)23-2/h10-12,21H,3-9,16H2,1-2H3,(H,17,22)/t10-,11+,12+/m0/s1. The molecule has 1 fully saturated rings. The van der Waals surface area contributed by atoms with Crippen molar-refractivity contribution in [3.05, 3.63) is 11.6 Å². The van der Waals surface area contributed by atoms with Crippen LogP contribution in [0.3, 0.4) is 0 Å². The lowest BCUT2D eigenvalue weighted by Crippen LogP contribution is -2.41. The Morgan fingerprint density at radius 2 is 2.30 bits per heavy atom. The molecular formula is C15H27N5O3. The van der Waals surface area contributed by atoms with Crippen molar-refractivity contribution in [2.75, 3.05) is 20.8 Å². The molecule has 1 aliphatic rings. The van der Waals surface area contributed by atoms with E-state index >= 15 is 0 Å². The average molecular weight is 325 g/mol. The zero-order valence-electron chi connectivity index (χ0n) is 13.9. The summed E-state index contributed by atoms with van der Waals surface area (Å²) >= 11 is 0. The lowest BCUT2D eigenvalue weighted by molar-refractivity contribution is -0.120. The van der Waals surface area contributed by atoms with E-state index in [9.17, 15) is 4.79 Å². The molecule has 0 unspecified atom stereocenters. The number of nitrogens with two attached hydrogens (primary N) is 1. The van der Waals surface area contributed by atoms with E-state index in [2.05, 4.69) is 15.4 Å². The van der Waals surface area contributed by atoms with Crippen LogP contribution in [0, 0.1) is 0 Å². The van der Waals surface area contributed by atoms with Crippen molar-refractivity contribution < 1.29 is 14.6 Å². The Morgan fingerprint density at radius 1 is 1.52 bits per heavy atom. The fourth-order valence-corrected chi connectivity index (χ4v) is 3.05. The Balaban J connectivity index is 2.18. The van der Waals surface area contributed by atoms with Gasteiger partial charge in [0, 0.05) is 39.3 Å². The molecule has 2 rings (SSSR count). The first-order chi connectivity index (χ1) is 11.1. The second kappa shape index (κ2) is 8.37. The van der Waals surface area contributed by atoms with Crippen molar-refractivity contribution in [2.45, 2.75) is 56.7 Å². The van der Waals surface area contributed by atoms with Gasteiger partial charge in [0.1, 0.15) is 5.82 Å². The largest absolute Gasteiger partial charge is 0.396 e. The van der Waals surface area contributed by atoms with Crippen LogP contribution in [-0.2, 0) is 22.5 Å². The van der Waals surface area contributed by atoms with Crippen molar-refractivity contribution in [2.24, 2.45) is 5.73 Å². The zero-order chi connectivity index (χ0) is 16.8. The molecule has 0 saturated heterocycles. The van der Waals surface area contributed by atoms with Crippen LogP contribution in [0.2, 0.25) is 0 Å². The van der Waals surface area contributed by atoms with Crippen LogP contribution in [-0.4, -0.2) is 58.7 Å². The number of hydrogen-bond donors (Lipinski definition) is 3. The Bertz CT molecular complexity index is 519. The number of carbonyl (C=O) groups is 1. The van der Waals surface area contributed by atoms with Gasteiger partial charge in [0.15, 0.2) is 5.82 Å². The van der Waals surface area contributed by atoms with Crippen LogP contribution >= 0.6 is 0 Å². The zero-order valence-corrected chi connectivity index (χ0v) is 13.9. The Hall–Kier alpha value is -1.51. The normalized spacial score (nSPS) is 24.6. The number of aromatic nitrogens is 3. The van der Waals surface area contributed by atoms with E-state index in [1.165, 1.54) is 0 Å². The van der Waals surface area contributed by atoms with Gasteiger partial charge in [-0.1, -0.05) is 0 Å². The van der Waals surface area contributed by atoms with E-state index in [-0.39, 0.29) is 37.0 Å². The minimum atomic E-state index is -0.115. The molecule has 1 heterocycles. The first-order valence-electron chi connectivity index (χ1n) is 8.12. The molecule has 8 heteroatoms. The summed E-state index contributed by atoms with van der Waals surface area (Å²) in [6.45, 7) is 0.688. The lowest BCUT2D eigenvalue weighted by Gasteiger charge is -2.32. The highest BCUT2D eigenvalue weighted by Crippen LogP contribution is 2.33. The maximum atomic E-state index is 11.6. The number of rotatable bonds is 7. The van der Waals surface area contributed by atoms with Gasteiger partial charge in [0.05, 0.1) is 12.5 Å². The number of hydrogen-bond acceptors (Lipinski definition) is 6. The Morgan fingerprint density at radius 3 is 2.96 bits per heavy atom. The second-order valence-corrected chi connectivity index (χ2v) is 5.98. The van der Waals surface area contributed by atoms with Gasteiger partial charge in [0.25, 0.3) is 0 Å². The Kier molecular flexibility index (Phi) is 6.49. The second-order valence-electron chi connectivity index (χ2n) is 5.98. The van der Waals surface area contributed by atoms with E-state index in [4.69, 9.17) is 15.6 Å². The number of amides is 1. The highest BCUT2D eigenvalue weighted by Gasteiger charge is 2.32. The molecule has 130 valence electrons. The third-order valence-electron chi connectivity index (χ3n) is 4.38. The summed E-state index contributed by atoms with van der Waals surface area (Å²) in [5.74, 6) is 1.48. The summed E-state index contributed by atoms with van der Waals surface area (Å²) in [5.41, 5.74) is 6.08. The molecule has 8 nitrogen and oxygen atoms in total. The maximum absolute atomic E-state index is 11.6. The van der Waals surface area contributed by atoms with Crippen LogP contribution in [0.4, 0.5) is 0 Å². The lowest BCUT2D eigenvalue weighted by atomic mass is 9.83. The predicted octanol–water partition coefficient (Wildman–Crippen LogP) is -0.441. The van der Waals surface area contributed by atoms with Gasteiger partial charge in [-0.05, 0) is 25.7 Å². The van der Waals surface area contributed by atoms with E-state index in [1.807, 2.05) is 4.68 Å². The van der Waals surface area contributed by atoms with Crippen molar-refractivity contribution >= 4 is 5.91 Å². The average Bonchev–Trinajstić information content (AvgIpc) is 2.95. The molecule has 0 bridgehead atoms. The fourth-order valence-electron chi connectivity index (χ4n) is 3.05. The van der Waals surface area contributed by atoms with Crippen LogP contribution < -0.4 is 11.1 Å². The number of aliphatic hydroxyl groups excluding tert-OH is 1. The van der Waals surface area contributed by atoms with Crippen LogP contribution in [0.15, 0.2) is 0 Å². The number of carbonyl (C=O) groups excluding carboxylic acids is 1. The quantitative estimate of drug-likeness (QED) is 0.626. The summed E-state index contributed by atoms with van der Waals surface area (Å²) in [7, 11) is 3.28. The van der Waals surface area contributed by atoms with E-state index in [0.29, 0.717) is 18.8 Å². The smallest absolute Gasteiger partial charge is 0.227 e. The van der Waals surface area contributed by atoms with Crippen molar-refractivity contribution in [3.63, 3.8) is 0 Å². The van der Waals surface area contributed by atoms with Gasteiger partial charge < -0.3 is 20.9 Å². The molecule has 1 aromatic rings. The summed E-state index contributed by atoms with van der Waals surface area (Å²) < 4.78 is 7.30. The third kappa shape index (κ3) is 4.49. The van der Waals surface area contributed by atoms with E-state index in [1.54, 1.807) is 14.2 Å². The van der Waals surface area contributed by atoms with Gasteiger partial charge in [-0.2, -0.15) is 5.10 Å². The van der Waals surface area contributed by atoms with Gasteiger partial charge in [-0.25, -0.2) is 9.67 Å². The molecule has 1 aromatic heterocycles. The van der Waals surface area contributed by atoms with Crippen LogP contribution in [0.5, 0.6) is 0 Å². The number of ether oxygens (including phenoxy) is 1. The Labute approximate surface area is 136 Å². The van der Waals surface area contributed by atoms with Gasteiger partial charge in [0.2, 0.25) is 5.91 Å². The molecule has 4 N–H and O–H groups in total.